The molecule has 1 aliphatic rings. The quantitative estimate of drug-likeness (QED) is 0.333. The molecule has 1 N–H and O–H groups in total. The van der Waals surface area contributed by atoms with Crippen LogP contribution in [-0.4, -0.2) is 29.7 Å². The van der Waals surface area contributed by atoms with Crippen LogP contribution < -0.4 is 10.1 Å². The molecule has 0 saturated heterocycles. The maximum Gasteiger partial charge on any atom is 0.416 e. The molecule has 0 unspecified atom stereocenters. The molecule has 1 aromatic heterocycles. The highest BCUT2D eigenvalue weighted by molar-refractivity contribution is 5.83. The molecule has 2 aromatic carbocycles. The van der Waals surface area contributed by atoms with E-state index in [4.69, 9.17) is 14.5 Å². The van der Waals surface area contributed by atoms with Crippen LogP contribution in [0, 0.1) is 11.3 Å². The van der Waals surface area contributed by atoms with Gasteiger partial charge in [0.15, 0.2) is 0 Å². The van der Waals surface area contributed by atoms with Crippen molar-refractivity contribution in [2.24, 2.45) is 11.3 Å². The lowest BCUT2D eigenvalue weighted by Crippen LogP contribution is -2.29. The van der Waals surface area contributed by atoms with Gasteiger partial charge in [-0.05, 0) is 72.9 Å². The predicted octanol–water partition coefficient (Wildman–Crippen LogP) is 7.30. The van der Waals surface area contributed by atoms with E-state index in [2.05, 4.69) is 30.7 Å². The maximum atomic E-state index is 13.1. The average molecular weight is 518 g/mol. The first-order valence-electron chi connectivity index (χ1n) is 12.5. The molecule has 0 radical (unpaired) electrons. The van der Waals surface area contributed by atoms with E-state index < -0.39 is 11.7 Å². The Morgan fingerprint density at radius 2 is 1.86 bits per heavy atom. The highest BCUT2D eigenvalue weighted by Crippen LogP contribution is 2.46. The summed E-state index contributed by atoms with van der Waals surface area (Å²) in [7, 11) is 2.95. The van der Waals surface area contributed by atoms with Crippen molar-refractivity contribution in [2.45, 2.75) is 65.1 Å². The Bertz CT molecular complexity index is 1270. The summed E-state index contributed by atoms with van der Waals surface area (Å²) in [5.41, 5.74) is 2.40. The number of hydrogen-bond donors (Lipinski definition) is 1. The van der Waals surface area contributed by atoms with Crippen LogP contribution >= 0.6 is 0 Å². The van der Waals surface area contributed by atoms with Gasteiger partial charge >= 0.3 is 12.1 Å². The van der Waals surface area contributed by atoms with Crippen LogP contribution in [0.2, 0.25) is 0 Å². The van der Waals surface area contributed by atoms with Crippen molar-refractivity contribution in [1.82, 2.24) is 9.55 Å². The van der Waals surface area contributed by atoms with Gasteiger partial charge in [-0.2, -0.15) is 13.2 Å². The number of rotatable bonds is 7. The Labute approximate surface area is 215 Å². The lowest BCUT2D eigenvalue weighted by Gasteiger charge is -2.40. The van der Waals surface area contributed by atoms with Crippen LogP contribution in [0.3, 0.4) is 0 Å². The first kappa shape index (κ1) is 26.8. The topological polar surface area (TPSA) is 65.4 Å². The highest BCUT2D eigenvalue weighted by atomic mass is 19.4. The molecule has 0 aliphatic heterocycles. The number of anilines is 2. The minimum atomic E-state index is -4.40. The summed E-state index contributed by atoms with van der Waals surface area (Å²) in [6.07, 6.45) is -0.719. The second-order valence-electron chi connectivity index (χ2n) is 10.8. The minimum Gasteiger partial charge on any atom is -0.496 e. The fraction of sp³-hybridized carbons (Fsp3) is 0.500. The smallest absolute Gasteiger partial charge is 0.416 e. The molecule has 9 heteroatoms. The van der Waals surface area contributed by atoms with Crippen molar-refractivity contribution in [3.05, 3.63) is 47.5 Å². The zero-order chi connectivity index (χ0) is 27.0. The first-order valence-corrected chi connectivity index (χ1v) is 12.5. The molecule has 1 heterocycles. The van der Waals surface area contributed by atoms with Crippen molar-refractivity contribution in [3.8, 4) is 5.75 Å². The molecule has 0 amide bonds. The van der Waals surface area contributed by atoms with Gasteiger partial charge in [-0.1, -0.05) is 20.8 Å². The largest absolute Gasteiger partial charge is 0.496 e. The van der Waals surface area contributed by atoms with Crippen LogP contribution in [-0.2, 0) is 22.1 Å². The molecule has 1 aliphatic carbocycles. The number of benzene rings is 2. The number of ether oxygens (including phenoxy) is 2. The minimum absolute atomic E-state index is 0.134. The fourth-order valence-electron chi connectivity index (χ4n) is 5.71. The van der Waals surface area contributed by atoms with Gasteiger partial charge in [-0.3, -0.25) is 4.79 Å². The van der Waals surface area contributed by atoms with E-state index in [0.29, 0.717) is 29.7 Å². The van der Waals surface area contributed by atoms with Crippen molar-refractivity contribution < 1.29 is 27.4 Å². The highest BCUT2D eigenvalue weighted by Gasteiger charge is 2.35. The van der Waals surface area contributed by atoms with Crippen molar-refractivity contribution in [1.29, 1.82) is 0 Å². The number of methoxy groups -OCH3 is 2. The van der Waals surface area contributed by atoms with Crippen LogP contribution in [0.5, 0.6) is 5.75 Å². The van der Waals surface area contributed by atoms with E-state index in [1.165, 1.54) is 19.2 Å². The monoisotopic (exact) mass is 517 g/mol. The molecule has 4 rings (SSSR count). The lowest BCUT2D eigenvalue weighted by molar-refractivity contribution is -0.140. The van der Waals surface area contributed by atoms with Gasteiger partial charge in [0.05, 0.1) is 30.8 Å². The van der Waals surface area contributed by atoms with E-state index in [9.17, 15) is 18.0 Å². The predicted molar refractivity (Wildman–Crippen MR) is 137 cm³/mol. The zero-order valence-corrected chi connectivity index (χ0v) is 21.9. The molecule has 6 nitrogen and oxygen atoms in total. The number of aromatic nitrogens is 2. The van der Waals surface area contributed by atoms with Crippen molar-refractivity contribution >= 4 is 28.6 Å². The van der Waals surface area contributed by atoms with Crippen LogP contribution in [0.1, 0.15) is 63.6 Å². The number of aryl methyl sites for hydroxylation is 1. The van der Waals surface area contributed by atoms with Gasteiger partial charge in [-0.25, -0.2) is 4.98 Å². The number of nitrogens with zero attached hydrogens (tertiary/aromatic N) is 2. The zero-order valence-electron chi connectivity index (χ0n) is 21.9. The van der Waals surface area contributed by atoms with Crippen LogP contribution in [0.25, 0.3) is 11.0 Å². The molecule has 2 atom stereocenters. The summed E-state index contributed by atoms with van der Waals surface area (Å²) in [6, 6.07) is 8.97. The van der Waals surface area contributed by atoms with E-state index in [-0.39, 0.29) is 23.8 Å². The molecular formula is C28H34F3N3O3. The van der Waals surface area contributed by atoms with E-state index >= 15 is 0 Å². The summed E-state index contributed by atoms with van der Waals surface area (Å²) in [6.45, 7) is 6.79. The number of carbonyl (C=O) groups is 1. The first-order chi connectivity index (χ1) is 17.4. The third-order valence-corrected chi connectivity index (χ3v) is 7.12. The van der Waals surface area contributed by atoms with E-state index in [0.717, 1.165) is 48.0 Å². The number of nitrogens with one attached hydrogen (secondary N) is 1. The second-order valence-corrected chi connectivity index (χ2v) is 10.8. The summed E-state index contributed by atoms with van der Waals surface area (Å²) < 4.78 is 51.8. The number of imidazole rings is 1. The lowest BCUT2D eigenvalue weighted by atomic mass is 9.70. The summed E-state index contributed by atoms with van der Waals surface area (Å²) in [5, 5.41) is 3.27. The Morgan fingerprint density at radius 3 is 2.46 bits per heavy atom. The van der Waals surface area contributed by atoms with E-state index in [1.807, 2.05) is 12.1 Å². The summed E-state index contributed by atoms with van der Waals surface area (Å²) >= 11 is 0. The normalized spacial score (nSPS) is 19.6. The van der Waals surface area contributed by atoms with Gasteiger partial charge in [0.25, 0.3) is 0 Å². The number of esters is 1. The molecule has 200 valence electrons. The Morgan fingerprint density at radius 1 is 1.16 bits per heavy atom. The van der Waals surface area contributed by atoms with Gasteiger partial charge < -0.3 is 19.4 Å². The average Bonchev–Trinajstić information content (AvgIpc) is 3.16. The maximum absolute atomic E-state index is 13.1. The standard InChI is InChI=1S/C28H34F3N3O3/c1-17-12-21(16-27(2,3)15-17)34-23-14-24(36-4)18(6-11-25(35)37-5)13-22(23)33-26(34)32-20-9-7-19(8-10-20)28(29,30)31/h7-10,13-14,17,21H,6,11-12,15-16H2,1-5H3,(H,32,33)/t17-,21+/m1/s1. The fourth-order valence-corrected chi connectivity index (χ4v) is 5.71. The molecule has 37 heavy (non-hydrogen) atoms. The summed E-state index contributed by atoms with van der Waals surface area (Å²) in [4.78, 5) is 16.6. The number of hydrogen-bond acceptors (Lipinski definition) is 5. The molecule has 3 aromatic rings. The Balaban J connectivity index is 1.79. The number of alkyl halides is 3. The third-order valence-electron chi connectivity index (χ3n) is 7.12. The van der Waals surface area contributed by atoms with Gasteiger partial charge in [0.1, 0.15) is 5.75 Å². The second kappa shape index (κ2) is 10.3. The third kappa shape index (κ3) is 6.02. The SMILES string of the molecule is COC(=O)CCc1cc2nc(Nc3ccc(C(F)(F)F)cc3)n([C@H]3C[C@@H](C)CC(C)(C)C3)c2cc1OC. The number of fused-ring (bicyclic) bond motifs is 1. The van der Waals surface area contributed by atoms with Crippen LogP contribution in [0.15, 0.2) is 36.4 Å². The van der Waals surface area contributed by atoms with Crippen molar-refractivity contribution in [3.63, 3.8) is 0 Å². The molecule has 1 saturated carbocycles. The van der Waals surface area contributed by atoms with Gasteiger partial charge in [-0.15, -0.1) is 0 Å². The van der Waals surface area contributed by atoms with Gasteiger partial charge in [0.2, 0.25) is 5.95 Å². The summed E-state index contributed by atoms with van der Waals surface area (Å²) in [5.74, 6) is 1.42. The van der Waals surface area contributed by atoms with E-state index in [1.54, 1.807) is 7.11 Å². The number of halogens is 3. The van der Waals surface area contributed by atoms with Crippen molar-refractivity contribution in [2.75, 3.05) is 19.5 Å². The number of carbonyl (C=O) groups excluding carboxylic acids is 1. The molecular weight excluding hydrogens is 483 g/mol. The Hall–Kier alpha value is -3.23. The Kier molecular flexibility index (Phi) is 7.44. The molecule has 1 fully saturated rings. The molecule has 0 bridgehead atoms. The molecule has 0 spiro atoms. The van der Waals surface area contributed by atoms with Gasteiger partial charge in [0, 0.05) is 24.2 Å². The van der Waals surface area contributed by atoms with Crippen LogP contribution in [0.4, 0.5) is 24.8 Å².